The largest absolute Gasteiger partial charge is 0.335 e. The number of hydrogen-bond donors (Lipinski definition) is 1. The normalized spacial score (nSPS) is 22.1. The predicted molar refractivity (Wildman–Crippen MR) is 66.7 cm³/mol. The molecule has 1 aromatic rings. The molecule has 3 heteroatoms. The molecule has 1 saturated heterocycles. The molecule has 1 aliphatic carbocycles. The number of rotatable bonds is 2. The molecule has 17 heavy (non-hydrogen) atoms. The van der Waals surface area contributed by atoms with E-state index in [0.29, 0.717) is 5.92 Å². The highest BCUT2D eigenvalue weighted by Gasteiger charge is 2.51. The summed E-state index contributed by atoms with van der Waals surface area (Å²) in [7, 11) is 0. The number of nitrogens with zero attached hydrogens (tertiary/aromatic N) is 1. The van der Waals surface area contributed by atoms with Crippen LogP contribution in [0, 0.1) is 12.8 Å². The summed E-state index contributed by atoms with van der Waals surface area (Å²) in [6.45, 7) is 3.43. The highest BCUT2D eigenvalue weighted by molar-refractivity contribution is 5.96. The van der Waals surface area contributed by atoms with Gasteiger partial charge in [-0.1, -0.05) is 18.2 Å². The van der Waals surface area contributed by atoms with E-state index in [9.17, 15) is 4.79 Å². The maximum atomic E-state index is 12.2. The van der Waals surface area contributed by atoms with E-state index in [2.05, 4.69) is 0 Å². The maximum Gasteiger partial charge on any atom is 0.254 e. The zero-order chi connectivity index (χ0) is 12.0. The molecule has 0 aromatic heterocycles. The Hall–Kier alpha value is -1.35. The van der Waals surface area contributed by atoms with Crippen LogP contribution in [0.5, 0.6) is 0 Å². The monoisotopic (exact) mass is 230 g/mol. The van der Waals surface area contributed by atoms with Crippen LogP contribution in [0.25, 0.3) is 0 Å². The lowest BCUT2D eigenvalue weighted by Gasteiger charge is -2.48. The van der Waals surface area contributed by atoms with Crippen molar-refractivity contribution in [3.05, 3.63) is 35.4 Å². The van der Waals surface area contributed by atoms with Crippen LogP contribution < -0.4 is 5.73 Å². The zero-order valence-corrected chi connectivity index (χ0v) is 10.1. The van der Waals surface area contributed by atoms with Gasteiger partial charge in [0.1, 0.15) is 0 Å². The molecule has 3 rings (SSSR count). The van der Waals surface area contributed by atoms with E-state index >= 15 is 0 Å². The van der Waals surface area contributed by atoms with Gasteiger partial charge in [0.05, 0.1) is 5.54 Å². The van der Waals surface area contributed by atoms with Crippen LogP contribution in [0.1, 0.15) is 28.8 Å². The summed E-state index contributed by atoms with van der Waals surface area (Å²) in [5.74, 6) is 0.785. The van der Waals surface area contributed by atoms with Gasteiger partial charge in [0.2, 0.25) is 0 Å². The molecule has 2 N–H and O–H groups in total. The first-order chi connectivity index (χ1) is 8.10. The molecule has 1 amide bonds. The molecule has 1 aromatic carbocycles. The molecular weight excluding hydrogens is 212 g/mol. The molecule has 2 aliphatic rings. The Morgan fingerprint density at radius 3 is 2.59 bits per heavy atom. The van der Waals surface area contributed by atoms with Gasteiger partial charge in [-0.2, -0.15) is 0 Å². The predicted octanol–water partition coefficient (Wildman–Crippen LogP) is 1.56. The van der Waals surface area contributed by atoms with Crippen LogP contribution in [-0.4, -0.2) is 29.4 Å². The number of nitrogens with two attached hydrogens (primary N) is 1. The average Bonchev–Trinajstić information content (AvgIpc) is 3.08. The first kappa shape index (κ1) is 10.8. The van der Waals surface area contributed by atoms with Crippen LogP contribution in [0.15, 0.2) is 24.3 Å². The molecule has 0 bridgehead atoms. The van der Waals surface area contributed by atoms with Gasteiger partial charge in [0.25, 0.3) is 5.91 Å². The summed E-state index contributed by atoms with van der Waals surface area (Å²) >= 11 is 0. The minimum Gasteiger partial charge on any atom is -0.335 e. The van der Waals surface area contributed by atoms with E-state index in [-0.39, 0.29) is 11.4 Å². The fourth-order valence-electron chi connectivity index (χ4n) is 2.71. The summed E-state index contributed by atoms with van der Waals surface area (Å²) in [5, 5.41) is 0. The van der Waals surface area contributed by atoms with Crippen molar-refractivity contribution in [1.82, 2.24) is 4.90 Å². The second-order valence-electron chi connectivity index (χ2n) is 5.48. The van der Waals surface area contributed by atoms with E-state index in [1.165, 1.54) is 12.8 Å². The lowest BCUT2D eigenvalue weighted by atomic mass is 9.85. The number of hydrogen-bond acceptors (Lipinski definition) is 2. The van der Waals surface area contributed by atoms with Crippen molar-refractivity contribution in [2.45, 2.75) is 25.3 Å². The third kappa shape index (κ3) is 1.75. The molecule has 1 aliphatic heterocycles. The third-order valence-corrected chi connectivity index (χ3v) is 4.02. The topological polar surface area (TPSA) is 46.3 Å². The van der Waals surface area contributed by atoms with Crippen molar-refractivity contribution in [1.29, 1.82) is 0 Å². The van der Waals surface area contributed by atoms with Gasteiger partial charge in [-0.05, 0) is 37.3 Å². The molecule has 0 spiro atoms. The number of benzene rings is 1. The number of carbonyl (C=O) groups is 1. The second kappa shape index (κ2) is 3.57. The minimum absolute atomic E-state index is 0.0850. The second-order valence-corrected chi connectivity index (χ2v) is 5.48. The molecule has 90 valence electrons. The van der Waals surface area contributed by atoms with Gasteiger partial charge in [-0.25, -0.2) is 0 Å². The van der Waals surface area contributed by atoms with Crippen LogP contribution in [0.2, 0.25) is 0 Å². The van der Waals surface area contributed by atoms with Crippen LogP contribution in [0.3, 0.4) is 0 Å². The van der Waals surface area contributed by atoms with Crippen molar-refractivity contribution in [3.8, 4) is 0 Å². The Morgan fingerprint density at radius 1 is 1.35 bits per heavy atom. The van der Waals surface area contributed by atoms with Crippen molar-refractivity contribution >= 4 is 5.91 Å². The average molecular weight is 230 g/mol. The molecule has 1 heterocycles. The summed E-state index contributed by atoms with van der Waals surface area (Å²) < 4.78 is 0. The Labute approximate surface area is 102 Å². The first-order valence-corrected chi connectivity index (χ1v) is 6.24. The summed E-state index contributed by atoms with van der Waals surface area (Å²) in [6, 6.07) is 7.74. The van der Waals surface area contributed by atoms with E-state index in [4.69, 9.17) is 5.73 Å². The van der Waals surface area contributed by atoms with Gasteiger partial charge < -0.3 is 10.6 Å². The van der Waals surface area contributed by atoms with E-state index in [1.807, 2.05) is 36.1 Å². The number of aryl methyl sites for hydroxylation is 1. The number of carbonyl (C=O) groups excluding carboxylic acids is 1. The van der Waals surface area contributed by atoms with Crippen LogP contribution in [-0.2, 0) is 0 Å². The zero-order valence-electron chi connectivity index (χ0n) is 10.1. The lowest BCUT2D eigenvalue weighted by molar-refractivity contribution is 0.0350. The molecule has 1 saturated carbocycles. The highest BCUT2D eigenvalue weighted by atomic mass is 16.2. The van der Waals surface area contributed by atoms with Crippen molar-refractivity contribution in [3.63, 3.8) is 0 Å². The summed E-state index contributed by atoms with van der Waals surface area (Å²) in [6.07, 6.45) is 2.48. The maximum absolute atomic E-state index is 12.2. The summed E-state index contributed by atoms with van der Waals surface area (Å²) in [4.78, 5) is 14.1. The molecule has 3 nitrogen and oxygen atoms in total. The van der Waals surface area contributed by atoms with Crippen LogP contribution in [0.4, 0.5) is 0 Å². The van der Waals surface area contributed by atoms with E-state index in [1.54, 1.807) is 0 Å². The van der Waals surface area contributed by atoms with E-state index in [0.717, 1.165) is 24.2 Å². The number of amides is 1. The molecule has 0 atom stereocenters. The lowest BCUT2D eigenvalue weighted by Crippen LogP contribution is -2.69. The van der Waals surface area contributed by atoms with E-state index < -0.39 is 0 Å². The fourth-order valence-corrected chi connectivity index (χ4v) is 2.71. The van der Waals surface area contributed by atoms with Crippen LogP contribution >= 0.6 is 0 Å². The Bertz CT molecular complexity index is 459. The van der Waals surface area contributed by atoms with Gasteiger partial charge in [0.15, 0.2) is 0 Å². The van der Waals surface area contributed by atoms with Gasteiger partial charge >= 0.3 is 0 Å². The first-order valence-electron chi connectivity index (χ1n) is 6.24. The highest BCUT2D eigenvalue weighted by Crippen LogP contribution is 2.43. The van der Waals surface area contributed by atoms with Crippen molar-refractivity contribution < 1.29 is 4.79 Å². The molecule has 0 unspecified atom stereocenters. The molecule has 0 radical (unpaired) electrons. The van der Waals surface area contributed by atoms with Gasteiger partial charge in [0, 0.05) is 18.7 Å². The molecule has 2 fully saturated rings. The third-order valence-electron chi connectivity index (χ3n) is 4.02. The van der Waals surface area contributed by atoms with Gasteiger partial charge in [-0.3, -0.25) is 4.79 Å². The van der Waals surface area contributed by atoms with Gasteiger partial charge in [-0.15, -0.1) is 0 Å². The minimum atomic E-state index is -0.0850. The SMILES string of the molecule is Cc1ccccc1C(=O)N1CC(N)(C2CC2)C1. The van der Waals surface area contributed by atoms with Crippen molar-refractivity contribution in [2.24, 2.45) is 11.7 Å². The smallest absolute Gasteiger partial charge is 0.254 e. The summed E-state index contributed by atoms with van der Waals surface area (Å²) in [5.41, 5.74) is 8.02. The Kier molecular flexibility index (Phi) is 2.26. The van der Waals surface area contributed by atoms with Crippen molar-refractivity contribution in [2.75, 3.05) is 13.1 Å². The number of likely N-dealkylation sites (tertiary alicyclic amines) is 1. The Morgan fingerprint density at radius 2 is 2.00 bits per heavy atom. The fraction of sp³-hybridized carbons (Fsp3) is 0.500. The molecular formula is C14H18N2O. The Balaban J connectivity index is 1.71. The standard InChI is InChI=1S/C14H18N2O/c1-10-4-2-3-5-12(10)13(17)16-8-14(15,9-16)11-6-7-11/h2-5,11H,6-9,15H2,1H3. The quantitative estimate of drug-likeness (QED) is 0.838.